The highest BCUT2D eigenvalue weighted by Crippen LogP contribution is 2.39. The molecule has 0 saturated carbocycles. The largest absolute Gasteiger partial charge is 0.496 e. The average Bonchev–Trinajstić information content (AvgIpc) is 2.64. The fourth-order valence-corrected chi connectivity index (χ4v) is 3.43. The fraction of sp³-hybridized carbons (Fsp3) is 0.263. The Kier molecular flexibility index (Phi) is 4.63. The second-order valence-electron chi connectivity index (χ2n) is 5.83. The van der Waals surface area contributed by atoms with Gasteiger partial charge in [-0.05, 0) is 36.0 Å². The highest BCUT2D eigenvalue weighted by atomic mass is 32.1. The van der Waals surface area contributed by atoms with Crippen molar-refractivity contribution >= 4 is 34.1 Å². The minimum absolute atomic E-state index is 0.390. The molecule has 0 radical (unpaired) electrons. The van der Waals surface area contributed by atoms with Crippen molar-refractivity contribution in [3.63, 3.8) is 0 Å². The third kappa shape index (κ3) is 2.82. The van der Waals surface area contributed by atoms with Gasteiger partial charge in [-0.2, -0.15) is 0 Å². The lowest BCUT2D eigenvalue weighted by molar-refractivity contribution is -0.136. The van der Waals surface area contributed by atoms with Crippen LogP contribution in [-0.4, -0.2) is 37.2 Å². The van der Waals surface area contributed by atoms with E-state index < -0.39 is 6.04 Å². The molecule has 0 aliphatic carbocycles. The van der Waals surface area contributed by atoms with Crippen LogP contribution in [0.5, 0.6) is 5.75 Å². The summed E-state index contributed by atoms with van der Waals surface area (Å²) in [6.07, 6.45) is 0. The van der Waals surface area contributed by atoms with Gasteiger partial charge in [0.2, 0.25) is 0 Å². The number of fused-ring (bicyclic) bond motifs is 1. The minimum atomic E-state index is -0.447. The van der Waals surface area contributed by atoms with Crippen molar-refractivity contribution in [2.75, 3.05) is 21.3 Å². The van der Waals surface area contributed by atoms with Gasteiger partial charge in [0.1, 0.15) is 5.75 Å². The second kappa shape index (κ2) is 6.72. The summed E-state index contributed by atoms with van der Waals surface area (Å²) in [5, 5.41) is 5.87. The van der Waals surface area contributed by atoms with Crippen LogP contribution in [0.3, 0.4) is 0 Å². The molecule has 1 aliphatic heterocycles. The third-order valence-corrected chi connectivity index (χ3v) is 4.99. The standard InChI is InChI=1S/C19H20N2O3S/c1-11-15(18(22)24-4)17(20-19(25)21(11)2)16-13-8-6-5-7-12(13)9-10-14(16)23-3/h5-10,17H,1-4H3,(H,20,25)/t17-/m0/s1. The number of hydrogen-bond acceptors (Lipinski definition) is 4. The number of benzene rings is 2. The molecule has 130 valence electrons. The molecule has 0 bridgehead atoms. The van der Waals surface area contributed by atoms with Crippen molar-refractivity contribution in [3.05, 3.63) is 53.2 Å². The Morgan fingerprint density at radius 3 is 2.60 bits per heavy atom. The van der Waals surface area contributed by atoms with Gasteiger partial charge in [-0.15, -0.1) is 0 Å². The topological polar surface area (TPSA) is 50.8 Å². The minimum Gasteiger partial charge on any atom is -0.496 e. The number of carbonyl (C=O) groups excluding carboxylic acids is 1. The molecule has 0 spiro atoms. The SMILES string of the molecule is COC(=O)C1=C(C)N(C)C(=S)N[C@@H]1c1c(OC)ccc2ccccc12. The van der Waals surface area contributed by atoms with Crippen molar-refractivity contribution in [1.29, 1.82) is 0 Å². The molecule has 0 saturated heterocycles. The molecule has 3 rings (SSSR count). The molecule has 0 fully saturated rings. The zero-order valence-electron chi connectivity index (χ0n) is 14.6. The first-order chi connectivity index (χ1) is 12.0. The second-order valence-corrected chi connectivity index (χ2v) is 6.22. The smallest absolute Gasteiger partial charge is 0.337 e. The van der Waals surface area contributed by atoms with Crippen molar-refractivity contribution in [1.82, 2.24) is 10.2 Å². The molecule has 1 heterocycles. The van der Waals surface area contributed by atoms with Crippen LogP contribution in [0.2, 0.25) is 0 Å². The Morgan fingerprint density at radius 1 is 1.20 bits per heavy atom. The van der Waals surface area contributed by atoms with Crippen LogP contribution < -0.4 is 10.1 Å². The molecule has 25 heavy (non-hydrogen) atoms. The number of rotatable bonds is 3. The average molecular weight is 356 g/mol. The number of methoxy groups -OCH3 is 2. The van der Waals surface area contributed by atoms with E-state index in [0.29, 0.717) is 16.4 Å². The quantitative estimate of drug-likeness (QED) is 0.673. The molecule has 1 atom stereocenters. The number of ether oxygens (including phenoxy) is 2. The highest BCUT2D eigenvalue weighted by Gasteiger charge is 2.35. The predicted octanol–water partition coefficient (Wildman–Crippen LogP) is 3.16. The zero-order chi connectivity index (χ0) is 18.1. The van der Waals surface area contributed by atoms with Gasteiger partial charge >= 0.3 is 5.97 Å². The summed E-state index contributed by atoms with van der Waals surface area (Å²) in [4.78, 5) is 14.3. The fourth-order valence-electron chi connectivity index (χ4n) is 3.18. The van der Waals surface area contributed by atoms with E-state index in [4.69, 9.17) is 21.7 Å². The Hall–Kier alpha value is -2.60. The van der Waals surface area contributed by atoms with Gasteiger partial charge in [-0.25, -0.2) is 4.79 Å². The van der Waals surface area contributed by atoms with E-state index >= 15 is 0 Å². The number of carbonyl (C=O) groups is 1. The lowest BCUT2D eigenvalue weighted by atomic mass is 9.90. The van der Waals surface area contributed by atoms with Gasteiger partial charge in [-0.3, -0.25) is 0 Å². The van der Waals surface area contributed by atoms with Crippen molar-refractivity contribution < 1.29 is 14.3 Å². The summed E-state index contributed by atoms with van der Waals surface area (Å²) < 4.78 is 10.6. The van der Waals surface area contributed by atoms with Crippen LogP contribution in [0.1, 0.15) is 18.5 Å². The number of allylic oxidation sites excluding steroid dienone is 1. The summed E-state index contributed by atoms with van der Waals surface area (Å²) in [6.45, 7) is 1.87. The first-order valence-electron chi connectivity index (χ1n) is 7.88. The van der Waals surface area contributed by atoms with Gasteiger partial charge in [0, 0.05) is 18.3 Å². The van der Waals surface area contributed by atoms with Crippen molar-refractivity contribution in [3.8, 4) is 5.75 Å². The number of thiocarbonyl (C=S) groups is 1. The molecule has 6 heteroatoms. The number of nitrogens with one attached hydrogen (secondary N) is 1. The summed E-state index contributed by atoms with van der Waals surface area (Å²) in [5.74, 6) is 0.303. The molecular weight excluding hydrogens is 336 g/mol. The predicted molar refractivity (Wildman–Crippen MR) is 101 cm³/mol. The monoisotopic (exact) mass is 356 g/mol. The summed E-state index contributed by atoms with van der Waals surface area (Å²) in [5.41, 5.74) is 2.15. The highest BCUT2D eigenvalue weighted by molar-refractivity contribution is 7.80. The van der Waals surface area contributed by atoms with E-state index in [1.807, 2.05) is 50.4 Å². The maximum absolute atomic E-state index is 12.5. The van der Waals surface area contributed by atoms with Crippen LogP contribution in [0.15, 0.2) is 47.7 Å². The van der Waals surface area contributed by atoms with Crippen LogP contribution in [0, 0.1) is 0 Å². The summed E-state index contributed by atoms with van der Waals surface area (Å²) in [6, 6.07) is 11.4. The number of esters is 1. The molecule has 1 aliphatic rings. The first-order valence-corrected chi connectivity index (χ1v) is 8.29. The summed E-state index contributed by atoms with van der Waals surface area (Å²) >= 11 is 5.45. The van der Waals surface area contributed by atoms with E-state index in [1.165, 1.54) is 7.11 Å². The van der Waals surface area contributed by atoms with E-state index in [-0.39, 0.29) is 5.97 Å². The van der Waals surface area contributed by atoms with E-state index in [2.05, 4.69) is 5.32 Å². The molecule has 1 N–H and O–H groups in total. The third-order valence-electron chi connectivity index (χ3n) is 4.60. The molecule has 0 amide bonds. The Balaban J connectivity index is 2.32. The van der Waals surface area contributed by atoms with Crippen LogP contribution in [-0.2, 0) is 9.53 Å². The first kappa shape index (κ1) is 17.2. The van der Waals surface area contributed by atoms with Gasteiger partial charge in [0.25, 0.3) is 0 Å². The maximum Gasteiger partial charge on any atom is 0.337 e. The van der Waals surface area contributed by atoms with Crippen LogP contribution >= 0.6 is 12.2 Å². The van der Waals surface area contributed by atoms with Gasteiger partial charge in [0.05, 0.1) is 25.8 Å². The lowest BCUT2D eigenvalue weighted by Crippen LogP contribution is -2.46. The lowest BCUT2D eigenvalue weighted by Gasteiger charge is -2.36. The molecule has 5 nitrogen and oxygen atoms in total. The molecule has 2 aromatic rings. The normalized spacial score (nSPS) is 17.5. The molecule has 2 aromatic carbocycles. The van der Waals surface area contributed by atoms with Crippen molar-refractivity contribution in [2.24, 2.45) is 0 Å². The van der Waals surface area contributed by atoms with Crippen molar-refractivity contribution in [2.45, 2.75) is 13.0 Å². The van der Waals surface area contributed by atoms with E-state index in [0.717, 1.165) is 22.0 Å². The Morgan fingerprint density at radius 2 is 1.92 bits per heavy atom. The zero-order valence-corrected chi connectivity index (χ0v) is 15.4. The van der Waals surface area contributed by atoms with E-state index in [9.17, 15) is 4.79 Å². The van der Waals surface area contributed by atoms with Gasteiger partial charge < -0.3 is 19.7 Å². The van der Waals surface area contributed by atoms with Crippen LogP contribution in [0.4, 0.5) is 0 Å². The van der Waals surface area contributed by atoms with E-state index in [1.54, 1.807) is 12.0 Å². The van der Waals surface area contributed by atoms with Gasteiger partial charge in [0.15, 0.2) is 5.11 Å². The Bertz CT molecular complexity index is 891. The van der Waals surface area contributed by atoms with Gasteiger partial charge in [-0.1, -0.05) is 30.3 Å². The Labute approximate surface area is 152 Å². The molecule has 0 aromatic heterocycles. The number of hydrogen-bond donors (Lipinski definition) is 1. The molecule has 0 unspecified atom stereocenters. The van der Waals surface area contributed by atoms with Crippen LogP contribution in [0.25, 0.3) is 10.8 Å². The number of nitrogens with zero attached hydrogens (tertiary/aromatic N) is 1. The molecular formula is C19H20N2O3S. The summed E-state index contributed by atoms with van der Waals surface area (Å²) in [7, 11) is 4.83. The maximum atomic E-state index is 12.5.